The van der Waals surface area contributed by atoms with Gasteiger partial charge in [-0.25, -0.2) is 4.98 Å². The number of hydrogen-bond acceptors (Lipinski definition) is 2. The minimum atomic E-state index is -3.16. The molecule has 0 amide bonds. The van der Waals surface area contributed by atoms with Crippen LogP contribution in [0.2, 0.25) is 10.2 Å². The molecule has 72 valence electrons. The van der Waals surface area contributed by atoms with Gasteiger partial charge in [-0.2, -0.15) is 8.78 Å². The third-order valence-electron chi connectivity index (χ3n) is 1.47. The molecular weight excluding hydrogens is 221 g/mol. The summed E-state index contributed by atoms with van der Waals surface area (Å²) in [6.07, 6.45) is 1.07. The predicted molar refractivity (Wildman–Crippen MR) is 47.2 cm³/mol. The highest BCUT2D eigenvalue weighted by molar-refractivity contribution is 6.32. The van der Waals surface area contributed by atoms with Crippen molar-refractivity contribution in [3.05, 3.63) is 28.0 Å². The highest BCUT2D eigenvalue weighted by atomic mass is 35.5. The summed E-state index contributed by atoms with van der Waals surface area (Å²) in [4.78, 5) is 3.55. The average molecular weight is 227 g/mol. The van der Waals surface area contributed by atoms with Crippen LogP contribution in [0, 0.1) is 0 Å². The Morgan fingerprint density at radius 3 is 2.62 bits per heavy atom. The topological polar surface area (TPSA) is 38.9 Å². The predicted octanol–water partition coefficient (Wildman–Crippen LogP) is 2.44. The molecule has 6 heteroatoms. The van der Waals surface area contributed by atoms with Crippen LogP contribution >= 0.6 is 23.2 Å². The van der Waals surface area contributed by atoms with Gasteiger partial charge in [0.1, 0.15) is 5.15 Å². The van der Waals surface area contributed by atoms with Gasteiger partial charge in [-0.1, -0.05) is 23.2 Å². The smallest absolute Gasteiger partial charge is 0.286 e. The van der Waals surface area contributed by atoms with E-state index in [9.17, 15) is 8.78 Å². The molecule has 0 aromatic carbocycles. The Morgan fingerprint density at radius 2 is 2.08 bits per heavy atom. The van der Waals surface area contributed by atoms with Crippen LogP contribution < -0.4 is 5.73 Å². The van der Waals surface area contributed by atoms with Crippen molar-refractivity contribution in [3.8, 4) is 0 Å². The zero-order chi connectivity index (χ0) is 10.1. The Hall–Kier alpha value is -0.450. The summed E-state index contributed by atoms with van der Waals surface area (Å²) >= 11 is 10.9. The SMILES string of the molecule is NCC(F)(F)c1cc(Cl)ncc1Cl. The molecule has 1 rings (SSSR count). The van der Waals surface area contributed by atoms with E-state index in [0.717, 1.165) is 12.3 Å². The van der Waals surface area contributed by atoms with Crippen LogP contribution in [0.3, 0.4) is 0 Å². The van der Waals surface area contributed by atoms with Crippen molar-refractivity contribution < 1.29 is 8.78 Å². The third-order valence-corrected chi connectivity index (χ3v) is 1.98. The summed E-state index contributed by atoms with van der Waals surface area (Å²) in [6, 6.07) is 1.01. The molecule has 0 aliphatic carbocycles. The fourth-order valence-corrected chi connectivity index (χ4v) is 1.20. The Balaban J connectivity index is 3.20. The number of nitrogens with two attached hydrogens (primary N) is 1. The summed E-state index contributed by atoms with van der Waals surface area (Å²) in [7, 11) is 0. The average Bonchev–Trinajstić information content (AvgIpc) is 2.09. The normalized spacial score (nSPS) is 11.8. The largest absolute Gasteiger partial charge is 0.325 e. The fraction of sp³-hybridized carbons (Fsp3) is 0.286. The minimum absolute atomic E-state index is 0.0347. The first-order chi connectivity index (χ1) is 5.97. The number of aromatic nitrogens is 1. The molecule has 0 saturated heterocycles. The molecule has 0 radical (unpaired) electrons. The maximum absolute atomic E-state index is 13.0. The molecule has 0 atom stereocenters. The van der Waals surface area contributed by atoms with Gasteiger partial charge in [0, 0.05) is 11.8 Å². The first-order valence-electron chi connectivity index (χ1n) is 3.37. The number of hydrogen-bond donors (Lipinski definition) is 1. The molecule has 0 spiro atoms. The van der Waals surface area contributed by atoms with Crippen LogP contribution in [-0.2, 0) is 5.92 Å². The van der Waals surface area contributed by atoms with Crippen LogP contribution in [0.15, 0.2) is 12.3 Å². The van der Waals surface area contributed by atoms with Crippen LogP contribution in [0.25, 0.3) is 0 Å². The Bertz CT molecular complexity index is 317. The lowest BCUT2D eigenvalue weighted by molar-refractivity contribution is 0.00599. The Labute approximate surface area is 83.7 Å². The lowest BCUT2D eigenvalue weighted by Crippen LogP contribution is -2.25. The number of pyridine rings is 1. The van der Waals surface area contributed by atoms with Gasteiger partial charge in [0.15, 0.2) is 0 Å². The van der Waals surface area contributed by atoms with Crippen LogP contribution in [-0.4, -0.2) is 11.5 Å². The van der Waals surface area contributed by atoms with E-state index >= 15 is 0 Å². The molecule has 0 bridgehead atoms. The van der Waals surface area contributed by atoms with Crippen LogP contribution in [0.5, 0.6) is 0 Å². The van der Waals surface area contributed by atoms with Gasteiger partial charge in [0.2, 0.25) is 0 Å². The summed E-state index contributed by atoms with van der Waals surface area (Å²) in [5.74, 6) is -3.16. The van der Waals surface area contributed by atoms with Gasteiger partial charge >= 0.3 is 0 Å². The molecule has 2 nitrogen and oxygen atoms in total. The Morgan fingerprint density at radius 1 is 1.46 bits per heavy atom. The van der Waals surface area contributed by atoms with E-state index in [2.05, 4.69) is 4.98 Å². The molecule has 2 N–H and O–H groups in total. The first kappa shape index (κ1) is 10.6. The first-order valence-corrected chi connectivity index (χ1v) is 4.12. The molecule has 1 aromatic rings. The Kier molecular flexibility index (Phi) is 3.05. The number of rotatable bonds is 2. The summed E-state index contributed by atoms with van der Waals surface area (Å²) in [5, 5.41) is -0.174. The summed E-state index contributed by atoms with van der Waals surface area (Å²) in [6.45, 7) is -0.812. The van der Waals surface area contributed by atoms with Gasteiger partial charge in [0.05, 0.1) is 11.6 Å². The van der Waals surface area contributed by atoms with E-state index in [1.54, 1.807) is 0 Å². The van der Waals surface area contributed by atoms with E-state index < -0.39 is 18.0 Å². The molecule has 0 aliphatic rings. The molecule has 1 aromatic heterocycles. The van der Waals surface area contributed by atoms with Crippen molar-refractivity contribution in [1.29, 1.82) is 0 Å². The second-order valence-electron chi connectivity index (χ2n) is 2.40. The van der Waals surface area contributed by atoms with Gasteiger partial charge in [-0.15, -0.1) is 0 Å². The lowest BCUT2D eigenvalue weighted by atomic mass is 10.1. The van der Waals surface area contributed by atoms with Crippen molar-refractivity contribution in [2.75, 3.05) is 6.54 Å². The number of halogens is 4. The third kappa shape index (κ3) is 2.27. The quantitative estimate of drug-likeness (QED) is 0.788. The highest BCUT2D eigenvalue weighted by Gasteiger charge is 2.32. The maximum atomic E-state index is 13.0. The molecule has 1 heterocycles. The highest BCUT2D eigenvalue weighted by Crippen LogP contribution is 2.33. The van der Waals surface area contributed by atoms with E-state index in [1.165, 1.54) is 0 Å². The van der Waals surface area contributed by atoms with Gasteiger partial charge in [-0.3, -0.25) is 0 Å². The van der Waals surface area contributed by atoms with E-state index in [-0.39, 0.29) is 10.2 Å². The lowest BCUT2D eigenvalue weighted by Gasteiger charge is -2.15. The van der Waals surface area contributed by atoms with E-state index in [0.29, 0.717) is 0 Å². The number of alkyl halides is 2. The van der Waals surface area contributed by atoms with E-state index in [1.807, 2.05) is 0 Å². The van der Waals surface area contributed by atoms with Crippen molar-refractivity contribution in [2.45, 2.75) is 5.92 Å². The van der Waals surface area contributed by atoms with Crippen molar-refractivity contribution in [1.82, 2.24) is 4.98 Å². The molecule has 0 aliphatic heterocycles. The van der Waals surface area contributed by atoms with Crippen molar-refractivity contribution in [3.63, 3.8) is 0 Å². The molecule has 13 heavy (non-hydrogen) atoms. The second-order valence-corrected chi connectivity index (χ2v) is 3.19. The minimum Gasteiger partial charge on any atom is -0.325 e. The van der Waals surface area contributed by atoms with Crippen LogP contribution in [0.1, 0.15) is 5.56 Å². The number of nitrogens with zero attached hydrogens (tertiary/aromatic N) is 1. The zero-order valence-corrected chi connectivity index (χ0v) is 7.91. The summed E-state index contributed by atoms with van der Waals surface area (Å²) in [5.41, 5.74) is 4.49. The fourth-order valence-electron chi connectivity index (χ4n) is 0.803. The van der Waals surface area contributed by atoms with Crippen LogP contribution in [0.4, 0.5) is 8.78 Å². The van der Waals surface area contributed by atoms with Gasteiger partial charge in [0.25, 0.3) is 5.92 Å². The maximum Gasteiger partial charge on any atom is 0.286 e. The molecule has 0 fully saturated rings. The standard InChI is InChI=1S/C7H6Cl2F2N2/c8-5-2-13-6(9)1-4(5)7(10,11)3-12/h1-2H,3,12H2. The molecular formula is C7H6Cl2F2N2. The van der Waals surface area contributed by atoms with Gasteiger partial charge < -0.3 is 5.73 Å². The summed E-state index contributed by atoms with van der Waals surface area (Å²) < 4.78 is 26.1. The van der Waals surface area contributed by atoms with Gasteiger partial charge in [-0.05, 0) is 6.07 Å². The molecule has 0 saturated carbocycles. The zero-order valence-electron chi connectivity index (χ0n) is 6.40. The monoisotopic (exact) mass is 226 g/mol. The van der Waals surface area contributed by atoms with E-state index in [4.69, 9.17) is 28.9 Å². The van der Waals surface area contributed by atoms with Crippen molar-refractivity contribution in [2.24, 2.45) is 5.73 Å². The second kappa shape index (κ2) is 3.74. The molecule has 0 unspecified atom stereocenters. The van der Waals surface area contributed by atoms with Crippen molar-refractivity contribution >= 4 is 23.2 Å².